The second-order valence-electron chi connectivity index (χ2n) is 3.05. The first-order chi connectivity index (χ1) is 6.11. The van der Waals surface area contributed by atoms with Crippen molar-refractivity contribution in [2.24, 2.45) is 0 Å². The van der Waals surface area contributed by atoms with Crippen LogP contribution in [-0.4, -0.2) is 46.5 Å². The van der Waals surface area contributed by atoms with Crippen molar-refractivity contribution < 1.29 is 14.7 Å². The molecule has 1 rings (SSSR count). The van der Waals surface area contributed by atoms with Crippen molar-refractivity contribution in [3.8, 4) is 0 Å². The minimum absolute atomic E-state index is 0.00986. The van der Waals surface area contributed by atoms with Crippen LogP contribution in [0.1, 0.15) is 12.8 Å². The van der Waals surface area contributed by atoms with Crippen LogP contribution in [0.4, 0.5) is 0 Å². The molecule has 0 aromatic heterocycles. The van der Waals surface area contributed by atoms with E-state index in [0.29, 0.717) is 5.75 Å². The Morgan fingerprint density at radius 3 is 2.92 bits per heavy atom. The molecule has 1 amide bonds. The number of amides is 1. The molecule has 13 heavy (non-hydrogen) atoms. The van der Waals surface area contributed by atoms with Crippen LogP contribution >= 0.6 is 11.8 Å². The molecular weight excluding hydrogens is 190 g/mol. The minimum Gasteiger partial charge on any atom is -0.481 e. The van der Waals surface area contributed by atoms with Crippen molar-refractivity contribution in [1.29, 1.82) is 0 Å². The van der Waals surface area contributed by atoms with Gasteiger partial charge in [0.05, 0.1) is 11.7 Å². The first-order valence-corrected chi connectivity index (χ1v) is 5.24. The monoisotopic (exact) mass is 203 g/mol. The van der Waals surface area contributed by atoms with Gasteiger partial charge in [0, 0.05) is 19.3 Å². The number of hydrogen-bond acceptors (Lipinski definition) is 3. The summed E-state index contributed by atoms with van der Waals surface area (Å²) in [5.74, 6) is -0.138. The zero-order valence-corrected chi connectivity index (χ0v) is 8.34. The normalized spacial score (nSPS) is 22.4. The van der Waals surface area contributed by atoms with Gasteiger partial charge in [-0.2, -0.15) is 0 Å². The SMILES string of the molecule is CN1CCC(SCCC(=O)O)C1=O. The molecule has 0 radical (unpaired) electrons. The number of nitrogens with zero attached hydrogens (tertiary/aromatic N) is 1. The van der Waals surface area contributed by atoms with E-state index in [1.807, 2.05) is 0 Å². The quantitative estimate of drug-likeness (QED) is 0.719. The molecular formula is C8H13NO3S. The summed E-state index contributed by atoms with van der Waals surface area (Å²) in [6.45, 7) is 0.795. The Morgan fingerprint density at radius 2 is 2.46 bits per heavy atom. The average molecular weight is 203 g/mol. The van der Waals surface area contributed by atoms with Crippen LogP contribution in [0.3, 0.4) is 0 Å². The van der Waals surface area contributed by atoms with Crippen LogP contribution in [-0.2, 0) is 9.59 Å². The number of likely N-dealkylation sites (tertiary alicyclic amines) is 1. The topological polar surface area (TPSA) is 57.6 Å². The van der Waals surface area contributed by atoms with Crippen molar-refractivity contribution in [2.75, 3.05) is 19.3 Å². The number of carboxylic acid groups (broad SMARTS) is 1. The second kappa shape index (κ2) is 4.50. The summed E-state index contributed by atoms with van der Waals surface area (Å²) in [6, 6.07) is 0. The third kappa shape index (κ3) is 2.91. The second-order valence-corrected chi connectivity index (χ2v) is 4.36. The Hall–Kier alpha value is -0.710. The van der Waals surface area contributed by atoms with Crippen LogP contribution in [0, 0.1) is 0 Å². The molecule has 1 aliphatic heterocycles. The molecule has 74 valence electrons. The highest BCUT2D eigenvalue weighted by molar-refractivity contribution is 8.00. The lowest BCUT2D eigenvalue weighted by molar-refractivity contribution is -0.136. The lowest BCUT2D eigenvalue weighted by atomic mass is 10.4. The van der Waals surface area contributed by atoms with E-state index >= 15 is 0 Å². The Balaban J connectivity index is 2.23. The van der Waals surface area contributed by atoms with Crippen molar-refractivity contribution in [1.82, 2.24) is 4.90 Å². The van der Waals surface area contributed by atoms with Crippen molar-refractivity contribution >= 4 is 23.6 Å². The van der Waals surface area contributed by atoms with Crippen LogP contribution in [0.25, 0.3) is 0 Å². The molecule has 5 heteroatoms. The van der Waals surface area contributed by atoms with Gasteiger partial charge in [-0.1, -0.05) is 0 Å². The smallest absolute Gasteiger partial charge is 0.304 e. The molecule has 1 saturated heterocycles. The molecule has 1 heterocycles. The van der Waals surface area contributed by atoms with Gasteiger partial charge in [-0.25, -0.2) is 0 Å². The maximum absolute atomic E-state index is 11.3. The van der Waals surface area contributed by atoms with Gasteiger partial charge in [-0.3, -0.25) is 9.59 Å². The van der Waals surface area contributed by atoms with Gasteiger partial charge in [-0.15, -0.1) is 11.8 Å². The maximum Gasteiger partial charge on any atom is 0.304 e. The first kappa shape index (κ1) is 10.4. The van der Waals surface area contributed by atoms with Crippen LogP contribution in [0.2, 0.25) is 0 Å². The fraction of sp³-hybridized carbons (Fsp3) is 0.750. The van der Waals surface area contributed by atoms with Gasteiger partial charge < -0.3 is 10.0 Å². The number of thioether (sulfide) groups is 1. The maximum atomic E-state index is 11.3. The Morgan fingerprint density at radius 1 is 1.77 bits per heavy atom. The van der Waals surface area contributed by atoms with E-state index in [4.69, 9.17) is 5.11 Å². The third-order valence-electron chi connectivity index (χ3n) is 2.01. The van der Waals surface area contributed by atoms with Gasteiger partial charge in [-0.05, 0) is 6.42 Å². The van der Waals surface area contributed by atoms with Gasteiger partial charge in [0.15, 0.2) is 0 Å². The average Bonchev–Trinajstić information content (AvgIpc) is 2.35. The van der Waals surface area contributed by atoms with E-state index in [9.17, 15) is 9.59 Å². The molecule has 4 nitrogen and oxygen atoms in total. The van der Waals surface area contributed by atoms with Crippen molar-refractivity contribution in [2.45, 2.75) is 18.1 Å². The highest BCUT2D eigenvalue weighted by Gasteiger charge is 2.28. The number of rotatable bonds is 4. The first-order valence-electron chi connectivity index (χ1n) is 4.19. The number of aliphatic carboxylic acids is 1. The fourth-order valence-electron chi connectivity index (χ4n) is 1.23. The molecule has 0 spiro atoms. The van der Waals surface area contributed by atoms with Gasteiger partial charge >= 0.3 is 5.97 Å². The molecule has 0 saturated carbocycles. The molecule has 1 N–H and O–H groups in total. The molecule has 0 aliphatic carbocycles. The minimum atomic E-state index is -0.800. The Kier molecular flexibility index (Phi) is 3.59. The summed E-state index contributed by atoms with van der Waals surface area (Å²) in [5, 5.41) is 8.39. The largest absolute Gasteiger partial charge is 0.481 e. The van der Waals surface area contributed by atoms with E-state index in [2.05, 4.69) is 0 Å². The van der Waals surface area contributed by atoms with Crippen LogP contribution < -0.4 is 0 Å². The number of hydrogen-bond donors (Lipinski definition) is 1. The number of carboxylic acids is 1. The molecule has 1 atom stereocenters. The van der Waals surface area contributed by atoms with E-state index in [-0.39, 0.29) is 17.6 Å². The summed E-state index contributed by atoms with van der Waals surface area (Å²) >= 11 is 1.45. The van der Waals surface area contributed by atoms with Gasteiger partial charge in [0.1, 0.15) is 0 Å². The van der Waals surface area contributed by atoms with Crippen molar-refractivity contribution in [3.63, 3.8) is 0 Å². The fourth-order valence-corrected chi connectivity index (χ4v) is 2.41. The van der Waals surface area contributed by atoms with Crippen LogP contribution in [0.5, 0.6) is 0 Å². The lowest BCUT2D eigenvalue weighted by Gasteiger charge is -2.08. The van der Waals surface area contributed by atoms with Crippen molar-refractivity contribution in [3.05, 3.63) is 0 Å². The van der Waals surface area contributed by atoms with E-state index in [1.54, 1.807) is 11.9 Å². The summed E-state index contributed by atoms with van der Waals surface area (Å²) in [7, 11) is 1.78. The standard InChI is InChI=1S/C8H13NO3S/c1-9-4-2-6(8(9)12)13-5-3-7(10)11/h6H,2-5H2,1H3,(H,10,11). The predicted molar refractivity (Wildman–Crippen MR) is 50.8 cm³/mol. The predicted octanol–water partition coefficient (Wildman–Crippen LogP) is 0.425. The molecule has 0 bridgehead atoms. The van der Waals surface area contributed by atoms with Gasteiger partial charge in [0.25, 0.3) is 0 Å². The van der Waals surface area contributed by atoms with Gasteiger partial charge in [0.2, 0.25) is 5.91 Å². The highest BCUT2D eigenvalue weighted by Crippen LogP contribution is 2.23. The molecule has 1 fully saturated rings. The number of carbonyl (C=O) groups excluding carboxylic acids is 1. The van der Waals surface area contributed by atoms with E-state index < -0.39 is 5.97 Å². The highest BCUT2D eigenvalue weighted by atomic mass is 32.2. The zero-order chi connectivity index (χ0) is 9.84. The van der Waals surface area contributed by atoms with E-state index in [1.165, 1.54) is 11.8 Å². The Bertz CT molecular complexity index is 219. The third-order valence-corrected chi connectivity index (χ3v) is 3.29. The lowest BCUT2D eigenvalue weighted by Crippen LogP contribution is -2.24. The summed E-state index contributed by atoms with van der Waals surface area (Å²) in [4.78, 5) is 23.2. The summed E-state index contributed by atoms with van der Waals surface area (Å²) in [5.41, 5.74) is 0. The summed E-state index contributed by atoms with van der Waals surface area (Å²) in [6.07, 6.45) is 0.984. The number of carbonyl (C=O) groups is 2. The van der Waals surface area contributed by atoms with E-state index in [0.717, 1.165) is 13.0 Å². The summed E-state index contributed by atoms with van der Waals surface area (Å²) < 4.78 is 0. The van der Waals surface area contributed by atoms with Crippen LogP contribution in [0.15, 0.2) is 0 Å². The molecule has 1 aliphatic rings. The molecule has 0 aromatic carbocycles. The molecule has 0 aromatic rings. The molecule has 1 unspecified atom stereocenters. The Labute approximate surface area is 81.3 Å². The zero-order valence-electron chi connectivity index (χ0n) is 7.52.